The van der Waals surface area contributed by atoms with E-state index in [1.54, 1.807) is 18.2 Å². The summed E-state index contributed by atoms with van der Waals surface area (Å²) < 4.78 is 26.2. The maximum absolute atomic E-state index is 12.1. The van der Waals surface area contributed by atoms with Crippen molar-refractivity contribution in [2.45, 2.75) is 24.1 Å². The van der Waals surface area contributed by atoms with Gasteiger partial charge in [0.05, 0.1) is 11.9 Å². The zero-order valence-electron chi connectivity index (χ0n) is 15.2. The molecule has 0 radical (unpaired) electrons. The summed E-state index contributed by atoms with van der Waals surface area (Å²) >= 11 is 2.79. The molecular formula is C17H22N4O3S3. The summed E-state index contributed by atoms with van der Waals surface area (Å²) in [6.07, 6.45) is 3.51. The van der Waals surface area contributed by atoms with Crippen LogP contribution in [0.25, 0.3) is 0 Å². The van der Waals surface area contributed by atoms with E-state index >= 15 is 0 Å². The number of thioether (sulfide) groups is 1. The fourth-order valence-electron chi connectivity index (χ4n) is 2.21. The predicted molar refractivity (Wildman–Crippen MR) is 112 cm³/mol. The van der Waals surface area contributed by atoms with E-state index in [9.17, 15) is 13.2 Å². The highest BCUT2D eigenvalue weighted by molar-refractivity contribution is 8.01. The van der Waals surface area contributed by atoms with Crippen molar-refractivity contribution >= 4 is 49.8 Å². The maximum Gasteiger partial charge on any atom is 0.232 e. The van der Waals surface area contributed by atoms with E-state index in [1.807, 2.05) is 19.1 Å². The lowest BCUT2D eigenvalue weighted by Gasteiger charge is -2.22. The van der Waals surface area contributed by atoms with E-state index in [0.717, 1.165) is 21.9 Å². The summed E-state index contributed by atoms with van der Waals surface area (Å²) in [5.41, 5.74) is 1.64. The molecule has 0 aliphatic heterocycles. The molecule has 0 unspecified atom stereocenters. The second-order valence-corrected chi connectivity index (χ2v) is 9.95. The summed E-state index contributed by atoms with van der Waals surface area (Å²) in [6, 6.07) is 7.25. The fraction of sp³-hybridized carbons (Fsp3) is 0.353. The average molecular weight is 427 g/mol. The minimum Gasteiger partial charge on any atom is -0.301 e. The van der Waals surface area contributed by atoms with Gasteiger partial charge >= 0.3 is 0 Å². The molecule has 0 saturated carbocycles. The number of anilines is 2. The molecule has 146 valence electrons. The highest BCUT2D eigenvalue weighted by atomic mass is 32.2. The molecule has 7 nitrogen and oxygen atoms in total. The van der Waals surface area contributed by atoms with Crippen molar-refractivity contribution in [2.24, 2.45) is 0 Å². The summed E-state index contributed by atoms with van der Waals surface area (Å²) in [4.78, 5) is 12.1. The van der Waals surface area contributed by atoms with Crippen LogP contribution in [0.4, 0.5) is 10.8 Å². The monoisotopic (exact) mass is 426 g/mol. The van der Waals surface area contributed by atoms with Crippen LogP contribution in [0.3, 0.4) is 0 Å². The second-order valence-electron chi connectivity index (χ2n) is 5.80. The van der Waals surface area contributed by atoms with Crippen LogP contribution in [0.5, 0.6) is 0 Å². The van der Waals surface area contributed by atoms with E-state index < -0.39 is 10.0 Å². The summed E-state index contributed by atoms with van der Waals surface area (Å²) in [7, 11) is -3.42. The Morgan fingerprint density at radius 1 is 1.33 bits per heavy atom. The lowest BCUT2D eigenvalue weighted by molar-refractivity contribution is -0.116. The van der Waals surface area contributed by atoms with E-state index in [4.69, 9.17) is 0 Å². The molecule has 0 aliphatic rings. The van der Waals surface area contributed by atoms with Crippen LogP contribution in [0.15, 0.2) is 41.3 Å². The molecule has 0 spiro atoms. The van der Waals surface area contributed by atoms with Gasteiger partial charge in [-0.25, -0.2) is 8.42 Å². The Kier molecular flexibility index (Phi) is 7.81. The number of amides is 1. The number of carbonyl (C=O) groups is 1. The number of sulfonamides is 1. The molecule has 0 fully saturated rings. The largest absolute Gasteiger partial charge is 0.301 e. The highest BCUT2D eigenvalue weighted by Crippen LogP contribution is 2.25. The third-order valence-electron chi connectivity index (χ3n) is 3.46. The maximum atomic E-state index is 12.1. The Hall–Kier alpha value is -1.91. The predicted octanol–water partition coefficient (Wildman–Crippen LogP) is 3.31. The van der Waals surface area contributed by atoms with Gasteiger partial charge < -0.3 is 5.32 Å². The number of aryl methyl sites for hydroxylation is 1. The van der Waals surface area contributed by atoms with E-state index in [0.29, 0.717) is 17.2 Å². The van der Waals surface area contributed by atoms with Crippen molar-refractivity contribution < 1.29 is 13.2 Å². The molecule has 1 amide bonds. The van der Waals surface area contributed by atoms with Crippen LogP contribution < -0.4 is 9.62 Å². The van der Waals surface area contributed by atoms with Gasteiger partial charge in [0, 0.05) is 18.7 Å². The van der Waals surface area contributed by atoms with Crippen molar-refractivity contribution in [1.29, 1.82) is 0 Å². The second kappa shape index (κ2) is 9.86. The quantitative estimate of drug-likeness (QED) is 0.356. The van der Waals surface area contributed by atoms with Gasteiger partial charge in [-0.15, -0.1) is 16.8 Å². The van der Waals surface area contributed by atoms with E-state index in [-0.39, 0.29) is 18.9 Å². The van der Waals surface area contributed by atoms with Gasteiger partial charge in [-0.3, -0.25) is 9.10 Å². The lowest BCUT2D eigenvalue weighted by atomic mass is 10.2. The molecule has 0 atom stereocenters. The van der Waals surface area contributed by atoms with Crippen molar-refractivity contribution in [3.63, 3.8) is 0 Å². The molecule has 1 heterocycles. The normalized spacial score (nSPS) is 11.2. The van der Waals surface area contributed by atoms with Crippen LogP contribution in [0, 0.1) is 6.92 Å². The standard InChI is InChI=1S/C17H22N4O3S3/c1-4-12-25-17-20-19-16(26-17)18-15(22)6-5-11-21(27(3,23)24)14-9-7-13(2)8-10-14/h4,7-10H,1,5-6,11-12H2,2-3H3,(H,18,19,22). The molecular weight excluding hydrogens is 404 g/mol. The molecule has 27 heavy (non-hydrogen) atoms. The fourth-order valence-corrected chi connectivity index (χ4v) is 4.71. The molecule has 1 aromatic heterocycles. The number of nitrogens with one attached hydrogen (secondary N) is 1. The van der Waals surface area contributed by atoms with E-state index in [1.165, 1.54) is 27.4 Å². The van der Waals surface area contributed by atoms with Gasteiger partial charge in [0.1, 0.15) is 0 Å². The number of hydrogen-bond donors (Lipinski definition) is 1. The van der Waals surface area contributed by atoms with Crippen LogP contribution in [0.1, 0.15) is 18.4 Å². The number of nitrogens with zero attached hydrogens (tertiary/aromatic N) is 3. The van der Waals surface area contributed by atoms with Gasteiger partial charge in [0.25, 0.3) is 0 Å². The number of aromatic nitrogens is 2. The summed E-state index contributed by atoms with van der Waals surface area (Å²) in [6.45, 7) is 5.81. The van der Waals surface area contributed by atoms with Crippen LogP contribution >= 0.6 is 23.1 Å². The minimum absolute atomic E-state index is 0.187. The van der Waals surface area contributed by atoms with Gasteiger partial charge in [0.2, 0.25) is 21.1 Å². The average Bonchev–Trinajstić information content (AvgIpc) is 3.04. The molecule has 10 heteroatoms. The first-order valence-electron chi connectivity index (χ1n) is 8.21. The zero-order chi connectivity index (χ0) is 19.9. The summed E-state index contributed by atoms with van der Waals surface area (Å²) in [5.74, 6) is 0.506. The topological polar surface area (TPSA) is 92.3 Å². The third-order valence-corrected chi connectivity index (χ3v) is 6.63. The highest BCUT2D eigenvalue weighted by Gasteiger charge is 2.17. The first-order valence-corrected chi connectivity index (χ1v) is 11.9. The number of hydrogen-bond acceptors (Lipinski definition) is 7. The van der Waals surface area contributed by atoms with E-state index in [2.05, 4.69) is 22.1 Å². The van der Waals surface area contributed by atoms with Crippen molar-refractivity contribution in [3.8, 4) is 0 Å². The minimum atomic E-state index is -3.42. The molecule has 1 N–H and O–H groups in total. The summed E-state index contributed by atoms with van der Waals surface area (Å²) in [5, 5.41) is 11.0. The molecule has 1 aromatic carbocycles. The number of benzene rings is 1. The Bertz CT molecular complexity index is 879. The van der Waals surface area contributed by atoms with Gasteiger partial charge in [0.15, 0.2) is 4.34 Å². The number of carbonyl (C=O) groups excluding carboxylic acids is 1. The zero-order valence-corrected chi connectivity index (χ0v) is 17.7. The Balaban J connectivity index is 1.88. The SMILES string of the molecule is C=CCSc1nnc(NC(=O)CCCN(c2ccc(C)cc2)S(C)(=O)=O)s1. The first-order chi connectivity index (χ1) is 12.8. The van der Waals surface area contributed by atoms with Crippen LogP contribution in [-0.2, 0) is 14.8 Å². The molecule has 0 saturated heterocycles. The van der Waals surface area contributed by atoms with Crippen molar-refractivity contribution in [1.82, 2.24) is 10.2 Å². The Labute approximate surface area is 167 Å². The number of rotatable bonds is 10. The molecule has 0 bridgehead atoms. The van der Waals surface area contributed by atoms with Gasteiger partial charge in [-0.05, 0) is 25.5 Å². The lowest BCUT2D eigenvalue weighted by Crippen LogP contribution is -2.31. The molecule has 0 aliphatic carbocycles. The van der Waals surface area contributed by atoms with Gasteiger partial charge in [-0.2, -0.15) is 0 Å². The van der Waals surface area contributed by atoms with Crippen molar-refractivity contribution in [2.75, 3.05) is 28.2 Å². The van der Waals surface area contributed by atoms with Gasteiger partial charge in [-0.1, -0.05) is 46.9 Å². The van der Waals surface area contributed by atoms with Crippen LogP contribution in [0.2, 0.25) is 0 Å². The smallest absolute Gasteiger partial charge is 0.232 e. The molecule has 2 rings (SSSR count). The first kappa shape index (κ1) is 21.4. The Morgan fingerprint density at radius 3 is 2.67 bits per heavy atom. The third kappa shape index (κ3) is 6.96. The Morgan fingerprint density at radius 2 is 2.04 bits per heavy atom. The van der Waals surface area contributed by atoms with Crippen LogP contribution in [-0.4, -0.2) is 43.1 Å². The molecule has 2 aromatic rings. The van der Waals surface area contributed by atoms with Crippen molar-refractivity contribution in [3.05, 3.63) is 42.5 Å².